The van der Waals surface area contributed by atoms with E-state index in [1.807, 2.05) is 0 Å². The highest BCUT2D eigenvalue weighted by molar-refractivity contribution is 7.92. The second-order valence-corrected chi connectivity index (χ2v) is 6.26. The van der Waals surface area contributed by atoms with Crippen molar-refractivity contribution in [3.8, 4) is 11.5 Å². The van der Waals surface area contributed by atoms with Crippen molar-refractivity contribution in [3.05, 3.63) is 47.8 Å². The van der Waals surface area contributed by atoms with Gasteiger partial charge in [0.1, 0.15) is 17.3 Å². The summed E-state index contributed by atoms with van der Waals surface area (Å²) in [4.78, 5) is 0.0529. The third-order valence-corrected chi connectivity index (χ3v) is 4.45. The van der Waals surface area contributed by atoms with Crippen LogP contribution >= 0.6 is 0 Å². The van der Waals surface area contributed by atoms with Gasteiger partial charge in [0, 0.05) is 6.07 Å². The molecule has 0 fully saturated rings. The van der Waals surface area contributed by atoms with Crippen molar-refractivity contribution in [2.45, 2.75) is 11.8 Å². The molecule has 0 aliphatic carbocycles. The van der Waals surface area contributed by atoms with Crippen LogP contribution in [0.4, 0.5) is 10.1 Å². The largest absolute Gasteiger partial charge is 0.496 e. The van der Waals surface area contributed by atoms with Crippen LogP contribution in [-0.4, -0.2) is 22.6 Å². The van der Waals surface area contributed by atoms with Crippen LogP contribution in [0, 0.1) is 12.7 Å². The Hall–Kier alpha value is -2.28. The van der Waals surface area contributed by atoms with Crippen LogP contribution in [0.5, 0.6) is 11.5 Å². The van der Waals surface area contributed by atoms with Gasteiger partial charge < -0.3 is 9.47 Å². The Morgan fingerprint density at radius 2 is 1.64 bits per heavy atom. The molecule has 5 nitrogen and oxygen atoms in total. The molecule has 0 amide bonds. The zero-order chi connectivity index (χ0) is 16.3. The molecule has 118 valence electrons. The minimum Gasteiger partial charge on any atom is -0.496 e. The standard InChI is InChI=1S/C15H16FNO4S/c1-10-8-12(5-7-14(10)20-2)22(18,19)17-13-9-11(16)4-6-15(13)21-3/h4-9,17H,1-3H3. The number of rotatable bonds is 5. The number of anilines is 1. The second-order valence-electron chi connectivity index (χ2n) is 4.58. The van der Waals surface area contributed by atoms with Gasteiger partial charge in [0.15, 0.2) is 0 Å². The number of nitrogens with one attached hydrogen (secondary N) is 1. The number of halogens is 1. The van der Waals surface area contributed by atoms with E-state index in [1.54, 1.807) is 13.0 Å². The van der Waals surface area contributed by atoms with Gasteiger partial charge in [0.25, 0.3) is 10.0 Å². The van der Waals surface area contributed by atoms with Gasteiger partial charge in [0.05, 0.1) is 24.8 Å². The average Bonchev–Trinajstić information content (AvgIpc) is 2.47. The molecule has 2 aromatic carbocycles. The maximum Gasteiger partial charge on any atom is 0.262 e. The first-order chi connectivity index (χ1) is 10.4. The number of methoxy groups -OCH3 is 2. The molecule has 0 spiro atoms. The van der Waals surface area contributed by atoms with Crippen molar-refractivity contribution < 1.29 is 22.3 Å². The number of benzene rings is 2. The topological polar surface area (TPSA) is 64.6 Å². The maximum absolute atomic E-state index is 13.3. The SMILES string of the molecule is COc1ccc(S(=O)(=O)Nc2cc(F)ccc2OC)cc1C. The molecule has 0 bridgehead atoms. The Kier molecular flexibility index (Phi) is 4.56. The Morgan fingerprint density at radius 3 is 2.23 bits per heavy atom. The van der Waals surface area contributed by atoms with Gasteiger partial charge >= 0.3 is 0 Å². The molecule has 0 radical (unpaired) electrons. The fourth-order valence-electron chi connectivity index (χ4n) is 1.98. The molecule has 2 aromatic rings. The Morgan fingerprint density at radius 1 is 1.00 bits per heavy atom. The highest BCUT2D eigenvalue weighted by Crippen LogP contribution is 2.28. The first-order valence-electron chi connectivity index (χ1n) is 6.38. The highest BCUT2D eigenvalue weighted by Gasteiger charge is 2.18. The second kappa shape index (κ2) is 6.23. The van der Waals surface area contributed by atoms with E-state index in [0.717, 1.165) is 6.07 Å². The van der Waals surface area contributed by atoms with Gasteiger partial charge in [-0.1, -0.05) is 0 Å². The van der Waals surface area contributed by atoms with E-state index in [4.69, 9.17) is 9.47 Å². The minimum absolute atomic E-state index is 0.0379. The molecule has 0 aliphatic heterocycles. The first kappa shape index (κ1) is 16.1. The summed E-state index contributed by atoms with van der Waals surface area (Å²) in [5.74, 6) is 0.252. The zero-order valence-corrected chi connectivity index (χ0v) is 13.2. The van der Waals surface area contributed by atoms with Gasteiger partial charge in [-0.25, -0.2) is 12.8 Å². The van der Waals surface area contributed by atoms with E-state index in [1.165, 1.54) is 38.5 Å². The molecule has 0 aliphatic rings. The maximum atomic E-state index is 13.3. The molecule has 1 N–H and O–H groups in total. The summed E-state index contributed by atoms with van der Waals surface area (Å²) in [6, 6.07) is 8.06. The molecule has 2 rings (SSSR count). The zero-order valence-electron chi connectivity index (χ0n) is 12.4. The quantitative estimate of drug-likeness (QED) is 0.918. The van der Waals surface area contributed by atoms with E-state index in [-0.39, 0.29) is 16.3 Å². The van der Waals surface area contributed by atoms with Crippen LogP contribution < -0.4 is 14.2 Å². The number of hydrogen-bond donors (Lipinski definition) is 1. The van der Waals surface area contributed by atoms with E-state index < -0.39 is 15.8 Å². The molecule has 0 aromatic heterocycles. The van der Waals surface area contributed by atoms with Crippen LogP contribution in [0.25, 0.3) is 0 Å². The number of hydrogen-bond acceptors (Lipinski definition) is 4. The molecule has 0 saturated heterocycles. The van der Waals surface area contributed by atoms with Gasteiger partial charge in [-0.3, -0.25) is 4.72 Å². The summed E-state index contributed by atoms with van der Waals surface area (Å²) in [5, 5.41) is 0. The normalized spacial score (nSPS) is 11.1. The average molecular weight is 325 g/mol. The lowest BCUT2D eigenvalue weighted by Gasteiger charge is -2.13. The molecule has 0 unspecified atom stereocenters. The summed E-state index contributed by atoms with van der Waals surface area (Å²) < 4.78 is 50.6. The van der Waals surface area contributed by atoms with Gasteiger partial charge in [-0.2, -0.15) is 0 Å². The predicted molar refractivity (Wildman–Crippen MR) is 81.5 cm³/mol. The molecular formula is C15H16FNO4S. The molecular weight excluding hydrogens is 309 g/mol. The minimum atomic E-state index is -3.86. The summed E-state index contributed by atoms with van der Waals surface area (Å²) in [5.41, 5.74) is 0.715. The fraction of sp³-hybridized carbons (Fsp3) is 0.200. The van der Waals surface area contributed by atoms with Crippen LogP contribution in [0.2, 0.25) is 0 Å². The molecule has 0 heterocycles. The molecule has 7 heteroatoms. The van der Waals surface area contributed by atoms with Gasteiger partial charge in [-0.05, 0) is 42.8 Å². The summed E-state index contributed by atoms with van der Waals surface area (Å²) in [6.07, 6.45) is 0. The monoisotopic (exact) mass is 325 g/mol. The van der Waals surface area contributed by atoms with Crippen LogP contribution in [0.15, 0.2) is 41.3 Å². The lowest BCUT2D eigenvalue weighted by atomic mass is 10.2. The third kappa shape index (κ3) is 3.30. The van der Waals surface area contributed by atoms with E-state index >= 15 is 0 Å². The fourth-order valence-corrected chi connectivity index (χ4v) is 3.13. The van der Waals surface area contributed by atoms with Crippen molar-refractivity contribution in [1.29, 1.82) is 0 Å². The Balaban J connectivity index is 2.40. The van der Waals surface area contributed by atoms with Crippen molar-refractivity contribution in [2.75, 3.05) is 18.9 Å². The smallest absolute Gasteiger partial charge is 0.262 e. The number of ether oxygens (including phenoxy) is 2. The number of sulfonamides is 1. The van der Waals surface area contributed by atoms with Gasteiger partial charge in [-0.15, -0.1) is 0 Å². The summed E-state index contributed by atoms with van der Waals surface area (Å²) in [6.45, 7) is 1.74. The molecule has 22 heavy (non-hydrogen) atoms. The lowest BCUT2D eigenvalue weighted by Crippen LogP contribution is -2.14. The van der Waals surface area contributed by atoms with Crippen molar-refractivity contribution in [1.82, 2.24) is 0 Å². The van der Waals surface area contributed by atoms with Crippen LogP contribution in [-0.2, 0) is 10.0 Å². The first-order valence-corrected chi connectivity index (χ1v) is 7.86. The highest BCUT2D eigenvalue weighted by atomic mass is 32.2. The lowest BCUT2D eigenvalue weighted by molar-refractivity contribution is 0.411. The van der Waals surface area contributed by atoms with Crippen molar-refractivity contribution >= 4 is 15.7 Å². The third-order valence-electron chi connectivity index (χ3n) is 3.08. The number of aryl methyl sites for hydroxylation is 1. The van der Waals surface area contributed by atoms with E-state index in [0.29, 0.717) is 11.3 Å². The van der Waals surface area contributed by atoms with E-state index in [2.05, 4.69) is 4.72 Å². The molecule has 0 atom stereocenters. The van der Waals surface area contributed by atoms with Crippen molar-refractivity contribution in [3.63, 3.8) is 0 Å². The van der Waals surface area contributed by atoms with Gasteiger partial charge in [0.2, 0.25) is 0 Å². The summed E-state index contributed by atoms with van der Waals surface area (Å²) in [7, 11) is -0.979. The van der Waals surface area contributed by atoms with Crippen LogP contribution in [0.1, 0.15) is 5.56 Å². The van der Waals surface area contributed by atoms with E-state index in [9.17, 15) is 12.8 Å². The van der Waals surface area contributed by atoms with Crippen LogP contribution in [0.3, 0.4) is 0 Å². The van der Waals surface area contributed by atoms with Crippen molar-refractivity contribution in [2.24, 2.45) is 0 Å². The predicted octanol–water partition coefficient (Wildman–Crippen LogP) is 2.95. The summed E-state index contributed by atoms with van der Waals surface area (Å²) >= 11 is 0. The Bertz CT molecular complexity index is 790. The molecule has 0 saturated carbocycles. The Labute approximate surface area is 128 Å².